The zero-order valence-corrected chi connectivity index (χ0v) is 12.7. The molecule has 0 atom stereocenters. The molecule has 0 aromatic heterocycles. The Morgan fingerprint density at radius 2 is 1.33 bits per heavy atom. The second-order valence-corrected chi connectivity index (χ2v) is 5.26. The average molecular weight is 306 g/mol. The Kier molecular flexibility index (Phi) is 3.79. The minimum atomic E-state index is 0. The fourth-order valence-corrected chi connectivity index (χ4v) is 3.08. The van der Waals surface area contributed by atoms with Gasteiger partial charge in [-0.25, -0.2) is 0 Å². The van der Waals surface area contributed by atoms with Crippen molar-refractivity contribution in [1.82, 2.24) is 0 Å². The summed E-state index contributed by atoms with van der Waals surface area (Å²) in [4.78, 5) is 0. The smallest absolute Gasteiger partial charge is 0.105 e. The summed E-state index contributed by atoms with van der Waals surface area (Å²) in [5, 5.41) is 2.77. The van der Waals surface area contributed by atoms with E-state index in [9.17, 15) is 0 Å². The van der Waals surface area contributed by atoms with E-state index >= 15 is 0 Å². The van der Waals surface area contributed by atoms with Crippen molar-refractivity contribution < 1.29 is 21.5 Å². The Balaban J connectivity index is 0.00000120. The summed E-state index contributed by atoms with van der Waals surface area (Å²) in [5.41, 5.74) is 3.12. The molecule has 18 heavy (non-hydrogen) atoms. The van der Waals surface area contributed by atoms with Gasteiger partial charge in [-0.05, 0) is 36.8 Å². The van der Waals surface area contributed by atoms with Gasteiger partial charge in [-0.3, -0.25) is 0 Å². The first-order valence-corrected chi connectivity index (χ1v) is 6.62. The van der Waals surface area contributed by atoms with Crippen molar-refractivity contribution in [3.8, 4) is 0 Å². The Bertz CT molecular complexity index is 512. The van der Waals surface area contributed by atoms with Crippen LogP contribution in [0.1, 0.15) is 25.0 Å². The summed E-state index contributed by atoms with van der Waals surface area (Å²) in [6.07, 6.45) is 0. The van der Waals surface area contributed by atoms with Gasteiger partial charge in [-0.15, -0.1) is 0 Å². The molecule has 2 aromatic rings. The maximum atomic E-state index is 2.40. The molecular formula is C16H20BrN. The summed E-state index contributed by atoms with van der Waals surface area (Å²) in [5.74, 6) is 0. The van der Waals surface area contributed by atoms with E-state index < -0.39 is 0 Å². The van der Waals surface area contributed by atoms with Gasteiger partial charge in [0.15, 0.2) is 0 Å². The Labute approximate surface area is 120 Å². The third-order valence-electron chi connectivity index (χ3n) is 4.42. The van der Waals surface area contributed by atoms with Crippen molar-refractivity contribution in [3.63, 3.8) is 0 Å². The summed E-state index contributed by atoms with van der Waals surface area (Å²) in [7, 11) is 0. The van der Waals surface area contributed by atoms with Gasteiger partial charge in [-0.1, -0.05) is 24.3 Å². The van der Waals surface area contributed by atoms with E-state index in [-0.39, 0.29) is 17.0 Å². The van der Waals surface area contributed by atoms with Crippen LogP contribution in [0.5, 0.6) is 0 Å². The molecule has 3 rings (SSSR count). The Morgan fingerprint density at radius 3 is 1.72 bits per heavy atom. The first-order chi connectivity index (χ1) is 8.26. The van der Waals surface area contributed by atoms with Crippen molar-refractivity contribution in [1.29, 1.82) is 0 Å². The van der Waals surface area contributed by atoms with Gasteiger partial charge in [0.25, 0.3) is 0 Å². The van der Waals surface area contributed by atoms with Crippen LogP contribution in [-0.4, -0.2) is 17.6 Å². The molecule has 0 saturated heterocycles. The van der Waals surface area contributed by atoms with E-state index in [0.717, 1.165) is 0 Å². The molecule has 2 heteroatoms. The van der Waals surface area contributed by atoms with Crippen LogP contribution in [0.2, 0.25) is 0 Å². The van der Waals surface area contributed by atoms with Gasteiger partial charge in [0.2, 0.25) is 0 Å². The van der Waals surface area contributed by atoms with Crippen LogP contribution in [0, 0.1) is 0 Å². The molecule has 1 aliphatic heterocycles. The van der Waals surface area contributed by atoms with Crippen molar-refractivity contribution in [3.05, 3.63) is 47.5 Å². The normalized spacial score (nSPS) is 16.3. The first-order valence-electron chi connectivity index (χ1n) is 6.62. The standard InChI is InChI=1S/C16H20N.BrH/c1-3-17(4-2)11-15-9-13-7-5-6-8-14(13)10-16(15)12-17;/h5-10H,3-4,11-12H2,1-2H3;1H/q+1;/p-1. The van der Waals surface area contributed by atoms with E-state index in [2.05, 4.69) is 50.2 Å². The monoisotopic (exact) mass is 305 g/mol. The Morgan fingerprint density at radius 1 is 0.889 bits per heavy atom. The molecule has 0 aliphatic carbocycles. The van der Waals surface area contributed by atoms with E-state index in [4.69, 9.17) is 0 Å². The zero-order valence-electron chi connectivity index (χ0n) is 11.1. The van der Waals surface area contributed by atoms with Crippen molar-refractivity contribution >= 4 is 10.8 Å². The van der Waals surface area contributed by atoms with Crippen LogP contribution in [0.15, 0.2) is 36.4 Å². The largest absolute Gasteiger partial charge is 1.00 e. The van der Waals surface area contributed by atoms with Gasteiger partial charge < -0.3 is 21.5 Å². The summed E-state index contributed by atoms with van der Waals surface area (Å²) in [6, 6.07) is 13.5. The van der Waals surface area contributed by atoms with Crippen LogP contribution in [0.4, 0.5) is 0 Å². The molecule has 0 amide bonds. The first kappa shape index (κ1) is 13.6. The molecular weight excluding hydrogens is 286 g/mol. The van der Waals surface area contributed by atoms with Crippen molar-refractivity contribution in [2.45, 2.75) is 26.9 Å². The predicted molar refractivity (Wildman–Crippen MR) is 72.7 cm³/mol. The van der Waals surface area contributed by atoms with Gasteiger partial charge >= 0.3 is 0 Å². The molecule has 0 radical (unpaired) electrons. The highest BCUT2D eigenvalue weighted by atomic mass is 79.9. The van der Waals surface area contributed by atoms with Crippen LogP contribution in [-0.2, 0) is 13.1 Å². The summed E-state index contributed by atoms with van der Waals surface area (Å²) >= 11 is 0. The van der Waals surface area contributed by atoms with Crippen LogP contribution >= 0.6 is 0 Å². The zero-order chi connectivity index (χ0) is 11.9. The number of quaternary nitrogens is 1. The highest BCUT2D eigenvalue weighted by Gasteiger charge is 2.32. The van der Waals surface area contributed by atoms with Gasteiger partial charge in [0.1, 0.15) is 13.1 Å². The van der Waals surface area contributed by atoms with E-state index in [0.29, 0.717) is 0 Å². The van der Waals surface area contributed by atoms with Crippen LogP contribution in [0.3, 0.4) is 0 Å². The second-order valence-electron chi connectivity index (χ2n) is 5.26. The number of hydrogen-bond donors (Lipinski definition) is 0. The number of halogens is 1. The topological polar surface area (TPSA) is 0 Å². The fraction of sp³-hybridized carbons (Fsp3) is 0.375. The number of fused-ring (bicyclic) bond motifs is 2. The third-order valence-corrected chi connectivity index (χ3v) is 4.42. The summed E-state index contributed by atoms with van der Waals surface area (Å²) < 4.78 is 1.23. The molecule has 0 N–H and O–H groups in total. The minimum Gasteiger partial charge on any atom is -1.00 e. The van der Waals surface area contributed by atoms with Crippen LogP contribution in [0.25, 0.3) is 10.8 Å². The van der Waals surface area contributed by atoms with Gasteiger partial charge in [0.05, 0.1) is 13.1 Å². The quantitative estimate of drug-likeness (QED) is 0.717. The number of hydrogen-bond acceptors (Lipinski definition) is 0. The molecule has 0 fully saturated rings. The molecule has 0 saturated carbocycles. The highest BCUT2D eigenvalue weighted by molar-refractivity contribution is 5.84. The van der Waals surface area contributed by atoms with Gasteiger partial charge in [-0.2, -0.15) is 0 Å². The van der Waals surface area contributed by atoms with Crippen LogP contribution < -0.4 is 17.0 Å². The van der Waals surface area contributed by atoms with E-state index in [1.54, 1.807) is 11.1 Å². The molecule has 1 nitrogen and oxygen atoms in total. The molecule has 2 aromatic carbocycles. The molecule has 1 heterocycles. The van der Waals surface area contributed by atoms with Gasteiger partial charge in [0, 0.05) is 11.1 Å². The average Bonchev–Trinajstić information content (AvgIpc) is 2.74. The third kappa shape index (κ3) is 2.08. The van der Waals surface area contributed by atoms with E-state index in [1.165, 1.54) is 41.4 Å². The maximum absolute atomic E-state index is 2.40. The number of benzene rings is 2. The van der Waals surface area contributed by atoms with E-state index in [1.807, 2.05) is 0 Å². The summed E-state index contributed by atoms with van der Waals surface area (Å²) in [6.45, 7) is 9.54. The maximum Gasteiger partial charge on any atom is 0.105 e. The number of nitrogens with zero attached hydrogens (tertiary/aromatic N) is 1. The van der Waals surface area contributed by atoms with Crippen molar-refractivity contribution in [2.75, 3.05) is 13.1 Å². The fourth-order valence-electron chi connectivity index (χ4n) is 3.08. The SMILES string of the molecule is CC[N+]1(CC)Cc2cc3ccccc3cc2C1.[Br-]. The lowest BCUT2D eigenvalue weighted by Crippen LogP contribution is -3.00. The highest BCUT2D eigenvalue weighted by Crippen LogP contribution is 2.32. The lowest BCUT2D eigenvalue weighted by Gasteiger charge is -2.31. The second kappa shape index (κ2) is 5.02. The minimum absolute atomic E-state index is 0. The lowest BCUT2D eigenvalue weighted by molar-refractivity contribution is -0.944. The predicted octanol–water partition coefficient (Wildman–Crippen LogP) is 0.714. The Hall–Kier alpha value is -0.860. The molecule has 1 aliphatic rings. The lowest BCUT2D eigenvalue weighted by atomic mass is 10.0. The molecule has 0 unspecified atom stereocenters. The van der Waals surface area contributed by atoms with Crippen molar-refractivity contribution in [2.24, 2.45) is 0 Å². The molecule has 96 valence electrons. The number of rotatable bonds is 2. The molecule has 0 bridgehead atoms. The molecule has 0 spiro atoms.